The van der Waals surface area contributed by atoms with E-state index in [0.717, 1.165) is 48.2 Å². The van der Waals surface area contributed by atoms with Crippen molar-refractivity contribution in [3.63, 3.8) is 0 Å². The topological polar surface area (TPSA) is 70.2 Å². The highest BCUT2D eigenvalue weighted by Gasteiger charge is 2.18. The predicted octanol–water partition coefficient (Wildman–Crippen LogP) is 4.05. The lowest BCUT2D eigenvalue weighted by atomic mass is 10.0. The number of fused-ring (bicyclic) bond motifs is 1. The molecule has 142 valence electrons. The van der Waals surface area contributed by atoms with Crippen LogP contribution in [-0.2, 0) is 17.8 Å². The second-order valence-corrected chi connectivity index (χ2v) is 7.03. The molecule has 4 rings (SSSR count). The number of benzene rings is 2. The largest absolute Gasteiger partial charge is 0.340 e. The number of amides is 1. The lowest BCUT2D eigenvalue weighted by Crippen LogP contribution is -2.31. The highest BCUT2D eigenvalue weighted by Crippen LogP contribution is 2.25. The van der Waals surface area contributed by atoms with Crippen molar-refractivity contribution in [3.8, 4) is 0 Å². The van der Waals surface area contributed by atoms with E-state index in [0.29, 0.717) is 0 Å². The Morgan fingerprint density at radius 2 is 1.75 bits per heavy atom. The Kier molecular flexibility index (Phi) is 4.93. The van der Waals surface area contributed by atoms with Crippen molar-refractivity contribution in [1.29, 1.82) is 0 Å². The van der Waals surface area contributed by atoms with E-state index in [-0.39, 0.29) is 5.91 Å². The fraction of sp³-hybridized carbons (Fsp3) is 0.227. The van der Waals surface area contributed by atoms with Crippen LogP contribution in [0.5, 0.6) is 0 Å². The van der Waals surface area contributed by atoms with Crippen LogP contribution in [0.4, 0.5) is 23.1 Å². The highest BCUT2D eigenvalue weighted by atomic mass is 16.1. The number of nitrogens with zero attached hydrogens (tertiary/aromatic N) is 3. The molecular weight excluding hydrogens is 350 g/mol. The fourth-order valence-electron chi connectivity index (χ4n) is 3.35. The Balaban J connectivity index is 1.52. The number of hydrogen-bond acceptors (Lipinski definition) is 5. The van der Waals surface area contributed by atoms with Crippen molar-refractivity contribution < 1.29 is 4.79 Å². The molecule has 0 saturated heterocycles. The van der Waals surface area contributed by atoms with Crippen LogP contribution >= 0.6 is 0 Å². The van der Waals surface area contributed by atoms with Gasteiger partial charge in [0.1, 0.15) is 5.82 Å². The molecule has 0 atom stereocenters. The summed E-state index contributed by atoms with van der Waals surface area (Å²) in [5.41, 5.74) is 5.40. The van der Waals surface area contributed by atoms with Gasteiger partial charge in [-0.25, -0.2) is 4.98 Å². The normalized spacial score (nSPS) is 13.0. The van der Waals surface area contributed by atoms with E-state index in [1.807, 2.05) is 37.4 Å². The van der Waals surface area contributed by atoms with Crippen LogP contribution in [0.2, 0.25) is 0 Å². The van der Waals surface area contributed by atoms with Crippen molar-refractivity contribution in [2.45, 2.75) is 26.8 Å². The van der Waals surface area contributed by atoms with E-state index < -0.39 is 0 Å². The lowest BCUT2D eigenvalue weighted by Gasteiger charge is -2.29. The summed E-state index contributed by atoms with van der Waals surface area (Å²) in [7, 11) is 0. The van der Waals surface area contributed by atoms with Crippen molar-refractivity contribution >= 4 is 29.0 Å². The maximum Gasteiger partial charge on any atom is 0.227 e. The summed E-state index contributed by atoms with van der Waals surface area (Å²) in [5.74, 6) is 1.44. The summed E-state index contributed by atoms with van der Waals surface area (Å²) < 4.78 is 0. The third-order valence-corrected chi connectivity index (χ3v) is 4.84. The summed E-state index contributed by atoms with van der Waals surface area (Å²) in [6.07, 6.45) is 2.86. The molecule has 1 aromatic heterocycles. The number of carbonyl (C=O) groups is 1. The molecule has 28 heavy (non-hydrogen) atoms. The van der Waals surface area contributed by atoms with Crippen LogP contribution in [0, 0.1) is 6.92 Å². The molecule has 1 aliphatic rings. The summed E-state index contributed by atoms with van der Waals surface area (Å²) in [5, 5.41) is 6.13. The predicted molar refractivity (Wildman–Crippen MR) is 112 cm³/mol. The first-order valence-electron chi connectivity index (χ1n) is 9.38. The monoisotopic (exact) mass is 373 g/mol. The molecule has 6 nitrogen and oxygen atoms in total. The lowest BCUT2D eigenvalue weighted by molar-refractivity contribution is -0.114. The van der Waals surface area contributed by atoms with Crippen LogP contribution < -0.4 is 15.5 Å². The van der Waals surface area contributed by atoms with Crippen molar-refractivity contribution in [2.75, 3.05) is 22.1 Å². The van der Waals surface area contributed by atoms with Gasteiger partial charge in [-0.2, -0.15) is 4.98 Å². The quantitative estimate of drug-likeness (QED) is 0.722. The molecule has 1 amide bonds. The standard InChI is InChI=1S/C22H23N5O/c1-15-13-23-22(27-12-11-17-5-3-4-6-18(17)14-27)26-21(15)25-20-9-7-19(8-10-20)24-16(2)28/h3-10,13H,11-12,14H2,1-2H3,(H,24,28)(H,23,25,26). The molecule has 0 aliphatic carbocycles. The number of carbonyl (C=O) groups excluding carboxylic acids is 1. The molecule has 3 aromatic rings. The number of anilines is 4. The molecule has 1 aliphatic heterocycles. The Morgan fingerprint density at radius 1 is 1.04 bits per heavy atom. The Hall–Kier alpha value is -3.41. The van der Waals surface area contributed by atoms with Gasteiger partial charge in [-0.3, -0.25) is 4.79 Å². The average molecular weight is 373 g/mol. The van der Waals surface area contributed by atoms with E-state index in [2.05, 4.69) is 44.8 Å². The SMILES string of the molecule is CC(=O)Nc1ccc(Nc2nc(N3CCc4ccccc4C3)ncc2C)cc1. The van der Waals surface area contributed by atoms with Crippen LogP contribution in [0.1, 0.15) is 23.6 Å². The third-order valence-electron chi connectivity index (χ3n) is 4.84. The van der Waals surface area contributed by atoms with Crippen LogP contribution in [0.25, 0.3) is 0 Å². The van der Waals surface area contributed by atoms with Gasteiger partial charge in [0.15, 0.2) is 0 Å². The number of rotatable bonds is 4. The Labute approximate surface area is 164 Å². The molecule has 0 bridgehead atoms. The smallest absolute Gasteiger partial charge is 0.227 e. The molecule has 0 radical (unpaired) electrons. The van der Waals surface area contributed by atoms with E-state index in [4.69, 9.17) is 4.98 Å². The maximum absolute atomic E-state index is 11.2. The number of nitrogens with one attached hydrogen (secondary N) is 2. The van der Waals surface area contributed by atoms with Crippen LogP contribution in [0.15, 0.2) is 54.7 Å². The zero-order valence-electron chi connectivity index (χ0n) is 16.1. The summed E-state index contributed by atoms with van der Waals surface area (Å²) in [6, 6.07) is 16.1. The van der Waals surface area contributed by atoms with Gasteiger partial charge in [-0.15, -0.1) is 0 Å². The molecule has 0 unspecified atom stereocenters. The Bertz CT molecular complexity index is 1000. The second kappa shape index (κ2) is 7.68. The van der Waals surface area contributed by atoms with Crippen molar-refractivity contribution in [3.05, 3.63) is 71.4 Å². The summed E-state index contributed by atoms with van der Waals surface area (Å²) in [4.78, 5) is 22.7. The molecule has 0 spiro atoms. The van der Waals surface area contributed by atoms with Gasteiger partial charge in [0.05, 0.1) is 0 Å². The minimum absolute atomic E-state index is 0.0832. The van der Waals surface area contributed by atoms with E-state index >= 15 is 0 Å². The van der Waals surface area contributed by atoms with Gasteiger partial charge in [0.25, 0.3) is 0 Å². The third kappa shape index (κ3) is 3.96. The zero-order valence-corrected chi connectivity index (χ0v) is 16.1. The van der Waals surface area contributed by atoms with Gasteiger partial charge in [-0.05, 0) is 48.7 Å². The molecule has 2 N–H and O–H groups in total. The van der Waals surface area contributed by atoms with Gasteiger partial charge in [0, 0.05) is 43.1 Å². The zero-order chi connectivity index (χ0) is 19.5. The van der Waals surface area contributed by atoms with Gasteiger partial charge >= 0.3 is 0 Å². The van der Waals surface area contributed by atoms with Crippen molar-refractivity contribution in [2.24, 2.45) is 0 Å². The van der Waals surface area contributed by atoms with Gasteiger partial charge in [-0.1, -0.05) is 24.3 Å². The second-order valence-electron chi connectivity index (χ2n) is 7.03. The molecule has 2 aromatic carbocycles. The van der Waals surface area contributed by atoms with E-state index in [9.17, 15) is 4.79 Å². The maximum atomic E-state index is 11.2. The fourth-order valence-corrected chi connectivity index (χ4v) is 3.35. The molecular formula is C22H23N5O. The molecule has 0 fully saturated rings. The highest BCUT2D eigenvalue weighted by molar-refractivity contribution is 5.88. The minimum atomic E-state index is -0.0832. The Morgan fingerprint density at radius 3 is 2.50 bits per heavy atom. The average Bonchev–Trinajstić information content (AvgIpc) is 2.70. The first-order chi connectivity index (χ1) is 13.6. The first-order valence-corrected chi connectivity index (χ1v) is 9.38. The molecule has 6 heteroatoms. The van der Waals surface area contributed by atoms with Gasteiger partial charge < -0.3 is 15.5 Å². The van der Waals surface area contributed by atoms with Crippen LogP contribution in [-0.4, -0.2) is 22.4 Å². The van der Waals surface area contributed by atoms with Crippen LogP contribution in [0.3, 0.4) is 0 Å². The van der Waals surface area contributed by atoms with Gasteiger partial charge in [0.2, 0.25) is 11.9 Å². The summed E-state index contributed by atoms with van der Waals surface area (Å²) >= 11 is 0. The number of aromatic nitrogens is 2. The number of hydrogen-bond donors (Lipinski definition) is 2. The minimum Gasteiger partial charge on any atom is -0.340 e. The first kappa shape index (κ1) is 18.0. The summed E-state index contributed by atoms with van der Waals surface area (Å²) in [6.45, 7) is 5.22. The van der Waals surface area contributed by atoms with Crippen molar-refractivity contribution in [1.82, 2.24) is 9.97 Å². The molecule has 2 heterocycles. The van der Waals surface area contributed by atoms with E-state index in [1.54, 1.807) is 0 Å². The molecule has 0 saturated carbocycles. The number of aryl methyl sites for hydroxylation is 1. The van der Waals surface area contributed by atoms with E-state index in [1.165, 1.54) is 18.1 Å².